The van der Waals surface area contributed by atoms with Gasteiger partial charge in [-0.15, -0.1) is 0 Å². The molecule has 1 aliphatic carbocycles. The molecule has 21 heavy (non-hydrogen) atoms. The number of imidazole rings is 1. The van der Waals surface area contributed by atoms with Crippen molar-refractivity contribution in [2.24, 2.45) is 0 Å². The number of rotatable bonds is 2. The van der Waals surface area contributed by atoms with Gasteiger partial charge in [0.05, 0.1) is 5.69 Å². The Morgan fingerprint density at radius 2 is 2.05 bits per heavy atom. The molecule has 4 heteroatoms. The van der Waals surface area contributed by atoms with Crippen molar-refractivity contribution in [3.8, 4) is 11.3 Å². The number of hydrogen-bond acceptors (Lipinski definition) is 1. The SMILES string of the molecule is Cc1cc(C2CC2)c2nc(-c3ccc(Br)cc3F)cn2c1. The Morgan fingerprint density at radius 3 is 2.76 bits per heavy atom. The van der Waals surface area contributed by atoms with Crippen molar-refractivity contribution in [1.82, 2.24) is 9.38 Å². The smallest absolute Gasteiger partial charge is 0.140 e. The summed E-state index contributed by atoms with van der Waals surface area (Å²) in [6.45, 7) is 2.09. The molecule has 106 valence electrons. The van der Waals surface area contributed by atoms with Crippen LogP contribution in [0.3, 0.4) is 0 Å². The van der Waals surface area contributed by atoms with E-state index in [0.717, 1.165) is 10.1 Å². The van der Waals surface area contributed by atoms with E-state index in [9.17, 15) is 4.39 Å². The van der Waals surface area contributed by atoms with Crippen LogP contribution in [0.15, 0.2) is 41.1 Å². The highest BCUT2D eigenvalue weighted by Gasteiger charge is 2.27. The number of halogens is 2. The Labute approximate surface area is 130 Å². The second kappa shape index (κ2) is 4.67. The van der Waals surface area contributed by atoms with Gasteiger partial charge in [0, 0.05) is 22.4 Å². The number of benzene rings is 1. The van der Waals surface area contributed by atoms with Gasteiger partial charge in [0.2, 0.25) is 0 Å². The minimum atomic E-state index is -0.252. The summed E-state index contributed by atoms with van der Waals surface area (Å²) in [5, 5.41) is 0. The first-order valence-corrected chi connectivity index (χ1v) is 7.86. The van der Waals surface area contributed by atoms with E-state index in [1.807, 2.05) is 16.7 Å². The van der Waals surface area contributed by atoms with Gasteiger partial charge >= 0.3 is 0 Å². The fraction of sp³-hybridized carbons (Fsp3) is 0.235. The van der Waals surface area contributed by atoms with Gasteiger partial charge in [0.1, 0.15) is 11.5 Å². The zero-order valence-electron chi connectivity index (χ0n) is 11.6. The van der Waals surface area contributed by atoms with Crippen LogP contribution in [-0.2, 0) is 0 Å². The van der Waals surface area contributed by atoms with Crippen LogP contribution in [0.1, 0.15) is 29.9 Å². The summed E-state index contributed by atoms with van der Waals surface area (Å²) in [4.78, 5) is 4.68. The lowest BCUT2D eigenvalue weighted by Crippen LogP contribution is -1.91. The summed E-state index contributed by atoms with van der Waals surface area (Å²) in [5.74, 6) is 0.370. The van der Waals surface area contributed by atoms with Crippen LogP contribution in [0.25, 0.3) is 16.9 Å². The first-order chi connectivity index (χ1) is 10.1. The van der Waals surface area contributed by atoms with E-state index in [0.29, 0.717) is 17.2 Å². The van der Waals surface area contributed by atoms with E-state index < -0.39 is 0 Å². The van der Waals surface area contributed by atoms with Gasteiger partial charge in [-0.2, -0.15) is 0 Å². The molecule has 1 aromatic carbocycles. The molecule has 1 aliphatic rings. The minimum absolute atomic E-state index is 0.252. The monoisotopic (exact) mass is 344 g/mol. The molecule has 1 fully saturated rings. The first kappa shape index (κ1) is 13.0. The Kier molecular flexibility index (Phi) is 2.89. The van der Waals surface area contributed by atoms with E-state index in [2.05, 4.69) is 40.1 Å². The maximum absolute atomic E-state index is 14.1. The van der Waals surface area contributed by atoms with Crippen molar-refractivity contribution < 1.29 is 4.39 Å². The summed E-state index contributed by atoms with van der Waals surface area (Å²) in [6, 6.07) is 7.30. The fourth-order valence-electron chi connectivity index (χ4n) is 2.79. The summed E-state index contributed by atoms with van der Waals surface area (Å²) in [7, 11) is 0. The third kappa shape index (κ3) is 2.27. The van der Waals surface area contributed by atoms with Crippen LogP contribution >= 0.6 is 15.9 Å². The molecule has 4 rings (SSSR count). The molecule has 0 atom stereocenters. The molecule has 0 N–H and O–H groups in total. The summed E-state index contributed by atoms with van der Waals surface area (Å²) < 4.78 is 16.9. The Bertz CT molecular complexity index is 849. The fourth-order valence-corrected chi connectivity index (χ4v) is 3.13. The number of aryl methyl sites for hydroxylation is 1. The Balaban J connectivity index is 1.92. The van der Waals surface area contributed by atoms with E-state index in [-0.39, 0.29) is 5.82 Å². The van der Waals surface area contributed by atoms with E-state index in [1.54, 1.807) is 6.07 Å². The van der Waals surface area contributed by atoms with Crippen molar-refractivity contribution in [3.05, 3.63) is 58.1 Å². The van der Waals surface area contributed by atoms with Crippen LogP contribution in [0.4, 0.5) is 4.39 Å². The van der Waals surface area contributed by atoms with Crippen molar-refractivity contribution in [1.29, 1.82) is 0 Å². The predicted octanol–water partition coefficient (Wildman–Crippen LogP) is 5.09. The van der Waals surface area contributed by atoms with Gasteiger partial charge in [-0.3, -0.25) is 0 Å². The molecule has 0 spiro atoms. The molecule has 2 aromatic heterocycles. The van der Waals surface area contributed by atoms with Crippen molar-refractivity contribution >= 4 is 21.6 Å². The molecule has 1 saturated carbocycles. The van der Waals surface area contributed by atoms with Gasteiger partial charge in [-0.05, 0) is 55.0 Å². The van der Waals surface area contributed by atoms with Crippen LogP contribution in [0.2, 0.25) is 0 Å². The third-order valence-electron chi connectivity index (χ3n) is 3.94. The second-order valence-corrected chi connectivity index (χ2v) is 6.64. The molecule has 0 bridgehead atoms. The van der Waals surface area contributed by atoms with Crippen LogP contribution in [-0.4, -0.2) is 9.38 Å². The van der Waals surface area contributed by atoms with Crippen LogP contribution in [0, 0.1) is 12.7 Å². The second-order valence-electron chi connectivity index (χ2n) is 5.73. The molecular formula is C17H14BrFN2. The van der Waals surface area contributed by atoms with Crippen molar-refractivity contribution in [3.63, 3.8) is 0 Å². The van der Waals surface area contributed by atoms with E-state index >= 15 is 0 Å². The van der Waals surface area contributed by atoms with Gasteiger partial charge in [0.25, 0.3) is 0 Å². The molecule has 3 aromatic rings. The number of aromatic nitrogens is 2. The normalized spacial score (nSPS) is 14.8. The number of nitrogens with zero attached hydrogens (tertiary/aromatic N) is 2. The van der Waals surface area contributed by atoms with Gasteiger partial charge in [-0.25, -0.2) is 9.37 Å². The van der Waals surface area contributed by atoms with Crippen molar-refractivity contribution in [2.75, 3.05) is 0 Å². The van der Waals surface area contributed by atoms with Crippen LogP contribution in [0.5, 0.6) is 0 Å². The maximum Gasteiger partial charge on any atom is 0.140 e. The maximum atomic E-state index is 14.1. The van der Waals surface area contributed by atoms with Gasteiger partial charge in [0.15, 0.2) is 0 Å². The van der Waals surface area contributed by atoms with Gasteiger partial charge < -0.3 is 4.40 Å². The number of pyridine rings is 1. The molecule has 0 radical (unpaired) electrons. The molecule has 0 saturated heterocycles. The average Bonchev–Trinajstić information content (AvgIpc) is 3.18. The van der Waals surface area contributed by atoms with E-state index in [4.69, 9.17) is 0 Å². The molecule has 0 aliphatic heterocycles. The van der Waals surface area contributed by atoms with Crippen LogP contribution < -0.4 is 0 Å². The number of fused-ring (bicyclic) bond motifs is 1. The topological polar surface area (TPSA) is 17.3 Å². The van der Waals surface area contributed by atoms with Crippen molar-refractivity contribution in [2.45, 2.75) is 25.7 Å². The highest BCUT2D eigenvalue weighted by molar-refractivity contribution is 9.10. The lowest BCUT2D eigenvalue weighted by molar-refractivity contribution is 0.630. The zero-order chi connectivity index (χ0) is 14.6. The average molecular weight is 345 g/mol. The lowest BCUT2D eigenvalue weighted by Gasteiger charge is -2.03. The Morgan fingerprint density at radius 1 is 1.24 bits per heavy atom. The molecular weight excluding hydrogens is 331 g/mol. The predicted molar refractivity (Wildman–Crippen MR) is 85.0 cm³/mol. The molecule has 0 amide bonds. The zero-order valence-corrected chi connectivity index (χ0v) is 13.2. The Hall–Kier alpha value is -1.68. The minimum Gasteiger partial charge on any atom is -0.306 e. The number of hydrogen-bond donors (Lipinski definition) is 0. The molecule has 2 nitrogen and oxygen atoms in total. The molecule has 0 unspecified atom stereocenters. The van der Waals surface area contributed by atoms with Gasteiger partial charge in [-0.1, -0.05) is 22.0 Å². The summed E-state index contributed by atoms with van der Waals surface area (Å²) in [6.07, 6.45) is 6.43. The quantitative estimate of drug-likeness (QED) is 0.632. The first-order valence-electron chi connectivity index (χ1n) is 7.06. The summed E-state index contributed by atoms with van der Waals surface area (Å²) in [5.41, 5.74) is 4.69. The largest absolute Gasteiger partial charge is 0.306 e. The lowest BCUT2D eigenvalue weighted by atomic mass is 10.1. The third-order valence-corrected chi connectivity index (χ3v) is 4.43. The molecule has 2 heterocycles. The highest BCUT2D eigenvalue weighted by Crippen LogP contribution is 2.42. The summed E-state index contributed by atoms with van der Waals surface area (Å²) >= 11 is 3.29. The standard InChI is InChI=1S/C17H14BrFN2/c1-10-6-14(11-2-3-11)17-20-16(9-21(17)8-10)13-5-4-12(18)7-15(13)19/h4-9,11H,2-3H2,1H3. The highest BCUT2D eigenvalue weighted by atomic mass is 79.9. The van der Waals surface area contributed by atoms with E-state index in [1.165, 1.54) is 30.0 Å².